The van der Waals surface area contributed by atoms with Crippen LogP contribution in [-0.2, 0) is 14.8 Å². The van der Waals surface area contributed by atoms with E-state index in [0.717, 1.165) is 16.4 Å². The molecule has 0 fully saturated rings. The third-order valence-corrected chi connectivity index (χ3v) is 4.32. The van der Waals surface area contributed by atoms with Gasteiger partial charge in [-0.1, -0.05) is 13.8 Å². The maximum Gasteiger partial charge on any atom is 0.246 e. The van der Waals surface area contributed by atoms with Crippen LogP contribution in [0.3, 0.4) is 0 Å². The molecular formula is C12H18FN3O3S. The number of carbonyl (C=O) groups excluding carboxylic acids is 1. The molecule has 0 aliphatic rings. The number of hydrogen-bond donors (Lipinski definition) is 2. The van der Waals surface area contributed by atoms with Gasteiger partial charge in [-0.2, -0.15) is 4.31 Å². The summed E-state index contributed by atoms with van der Waals surface area (Å²) < 4.78 is 39.4. The minimum atomic E-state index is -4.14. The minimum Gasteiger partial charge on any atom is -0.399 e. The van der Waals surface area contributed by atoms with Gasteiger partial charge in [-0.05, 0) is 24.1 Å². The Bertz CT molecular complexity index is 602. The summed E-state index contributed by atoms with van der Waals surface area (Å²) in [6.45, 7) is 3.13. The fourth-order valence-corrected chi connectivity index (χ4v) is 3.31. The van der Waals surface area contributed by atoms with E-state index in [-0.39, 0.29) is 18.2 Å². The van der Waals surface area contributed by atoms with Crippen LogP contribution in [0.4, 0.5) is 10.1 Å². The van der Waals surface area contributed by atoms with Crippen LogP contribution in [0.25, 0.3) is 0 Å². The summed E-state index contributed by atoms with van der Waals surface area (Å²) in [5.41, 5.74) is 10.6. The number of nitrogens with zero attached hydrogens (tertiary/aromatic N) is 1. The van der Waals surface area contributed by atoms with Crippen LogP contribution in [0.15, 0.2) is 23.1 Å². The van der Waals surface area contributed by atoms with Gasteiger partial charge < -0.3 is 11.5 Å². The van der Waals surface area contributed by atoms with Crippen LogP contribution in [0.1, 0.15) is 13.8 Å². The zero-order valence-corrected chi connectivity index (χ0v) is 12.2. The quantitative estimate of drug-likeness (QED) is 0.748. The molecule has 4 N–H and O–H groups in total. The molecule has 0 bridgehead atoms. The highest BCUT2D eigenvalue weighted by atomic mass is 32.2. The van der Waals surface area contributed by atoms with Crippen molar-refractivity contribution in [2.75, 3.05) is 18.8 Å². The van der Waals surface area contributed by atoms with Gasteiger partial charge in [0.05, 0.1) is 6.54 Å². The number of primary amides is 1. The molecule has 1 aromatic rings. The number of carbonyl (C=O) groups is 1. The smallest absolute Gasteiger partial charge is 0.246 e. The summed E-state index contributed by atoms with van der Waals surface area (Å²) in [6, 6.07) is 3.28. The lowest BCUT2D eigenvalue weighted by molar-refractivity contribution is -0.118. The second-order valence-corrected chi connectivity index (χ2v) is 6.75. The molecular weight excluding hydrogens is 285 g/mol. The van der Waals surface area contributed by atoms with Crippen molar-refractivity contribution in [1.82, 2.24) is 4.31 Å². The maximum absolute atomic E-state index is 13.8. The lowest BCUT2D eigenvalue weighted by atomic mass is 10.2. The molecule has 0 unspecified atom stereocenters. The van der Waals surface area contributed by atoms with Gasteiger partial charge >= 0.3 is 0 Å². The van der Waals surface area contributed by atoms with Crippen molar-refractivity contribution in [3.05, 3.63) is 24.0 Å². The van der Waals surface area contributed by atoms with E-state index in [1.54, 1.807) is 13.8 Å². The standard InChI is InChI=1S/C12H18FN3O3S/c1-8(2)6-16(7-12(15)17)20(18,19)11-4-3-9(14)5-10(11)13/h3-5,8H,6-7,14H2,1-2H3,(H2,15,17). The topological polar surface area (TPSA) is 106 Å². The van der Waals surface area contributed by atoms with E-state index in [0.29, 0.717) is 0 Å². The Morgan fingerprint density at radius 3 is 2.45 bits per heavy atom. The average Bonchev–Trinajstić information content (AvgIpc) is 2.26. The maximum atomic E-state index is 13.8. The van der Waals surface area contributed by atoms with Gasteiger partial charge in [0.2, 0.25) is 15.9 Å². The molecule has 0 heterocycles. The largest absolute Gasteiger partial charge is 0.399 e. The van der Waals surface area contributed by atoms with Crippen molar-refractivity contribution in [2.45, 2.75) is 18.7 Å². The molecule has 8 heteroatoms. The van der Waals surface area contributed by atoms with Gasteiger partial charge in [-0.25, -0.2) is 12.8 Å². The molecule has 6 nitrogen and oxygen atoms in total. The zero-order chi connectivity index (χ0) is 15.5. The molecule has 112 valence electrons. The number of rotatable bonds is 6. The van der Waals surface area contributed by atoms with Gasteiger partial charge in [0.1, 0.15) is 10.7 Å². The number of anilines is 1. The molecule has 0 saturated carbocycles. The Morgan fingerprint density at radius 1 is 1.40 bits per heavy atom. The number of sulfonamides is 1. The number of benzene rings is 1. The molecule has 0 saturated heterocycles. The van der Waals surface area contributed by atoms with E-state index in [9.17, 15) is 17.6 Å². The van der Waals surface area contributed by atoms with Crippen LogP contribution in [0.5, 0.6) is 0 Å². The van der Waals surface area contributed by atoms with Gasteiger partial charge in [0.15, 0.2) is 0 Å². The molecule has 1 rings (SSSR count). The summed E-state index contributed by atoms with van der Waals surface area (Å²) >= 11 is 0. The summed E-state index contributed by atoms with van der Waals surface area (Å²) in [5.74, 6) is -1.80. The number of nitrogens with two attached hydrogens (primary N) is 2. The van der Waals surface area contributed by atoms with Crippen LogP contribution >= 0.6 is 0 Å². The number of nitrogen functional groups attached to an aromatic ring is 1. The second kappa shape index (κ2) is 6.19. The van der Waals surface area contributed by atoms with E-state index in [1.807, 2.05) is 0 Å². The summed E-state index contributed by atoms with van der Waals surface area (Å²) in [4.78, 5) is 10.5. The minimum absolute atomic E-state index is 0.0408. The molecule has 0 spiro atoms. The summed E-state index contributed by atoms with van der Waals surface area (Å²) in [6.07, 6.45) is 0. The monoisotopic (exact) mass is 303 g/mol. The van der Waals surface area contributed by atoms with Crippen molar-refractivity contribution in [3.8, 4) is 0 Å². The first-order valence-corrected chi connectivity index (χ1v) is 7.42. The Kier molecular flexibility index (Phi) is 5.07. The third kappa shape index (κ3) is 3.91. The molecule has 0 aliphatic carbocycles. The number of amides is 1. The molecule has 1 amide bonds. The predicted octanol–water partition coefficient (Wildman–Crippen LogP) is 0.540. The first-order valence-electron chi connectivity index (χ1n) is 5.98. The van der Waals surface area contributed by atoms with E-state index in [1.165, 1.54) is 6.07 Å². The van der Waals surface area contributed by atoms with Crippen LogP contribution in [0, 0.1) is 11.7 Å². The van der Waals surface area contributed by atoms with Crippen molar-refractivity contribution in [3.63, 3.8) is 0 Å². The van der Waals surface area contributed by atoms with Gasteiger partial charge in [-0.3, -0.25) is 4.79 Å². The molecule has 0 radical (unpaired) electrons. The van der Waals surface area contributed by atoms with E-state index < -0.39 is 33.2 Å². The summed E-state index contributed by atoms with van der Waals surface area (Å²) in [7, 11) is -4.14. The highest BCUT2D eigenvalue weighted by Gasteiger charge is 2.29. The highest BCUT2D eigenvalue weighted by Crippen LogP contribution is 2.22. The summed E-state index contributed by atoms with van der Waals surface area (Å²) in [5, 5.41) is 0. The van der Waals surface area contributed by atoms with Crippen molar-refractivity contribution in [2.24, 2.45) is 11.7 Å². The van der Waals surface area contributed by atoms with E-state index in [2.05, 4.69) is 0 Å². The normalized spacial score (nSPS) is 12.1. The highest BCUT2D eigenvalue weighted by molar-refractivity contribution is 7.89. The fraction of sp³-hybridized carbons (Fsp3) is 0.417. The van der Waals surface area contributed by atoms with Crippen LogP contribution in [0.2, 0.25) is 0 Å². The van der Waals surface area contributed by atoms with Crippen LogP contribution < -0.4 is 11.5 Å². The lowest BCUT2D eigenvalue weighted by Crippen LogP contribution is -2.40. The van der Waals surface area contributed by atoms with Crippen molar-refractivity contribution < 1.29 is 17.6 Å². The first-order chi connectivity index (χ1) is 9.14. The van der Waals surface area contributed by atoms with Crippen molar-refractivity contribution in [1.29, 1.82) is 0 Å². The molecule has 1 aromatic carbocycles. The second-order valence-electron chi connectivity index (χ2n) is 4.85. The van der Waals surface area contributed by atoms with Gasteiger partial charge in [-0.15, -0.1) is 0 Å². The molecule has 0 aliphatic heterocycles. The zero-order valence-electron chi connectivity index (χ0n) is 11.3. The average molecular weight is 303 g/mol. The molecule has 0 atom stereocenters. The first kappa shape index (κ1) is 16.4. The SMILES string of the molecule is CC(C)CN(CC(N)=O)S(=O)(=O)c1ccc(N)cc1F. The van der Waals surface area contributed by atoms with Crippen LogP contribution in [-0.4, -0.2) is 31.7 Å². The predicted molar refractivity (Wildman–Crippen MR) is 73.6 cm³/mol. The van der Waals surface area contributed by atoms with Gasteiger partial charge in [0, 0.05) is 12.2 Å². The molecule has 0 aromatic heterocycles. The molecule has 20 heavy (non-hydrogen) atoms. The Balaban J connectivity index is 3.24. The number of hydrogen-bond acceptors (Lipinski definition) is 4. The van der Waals surface area contributed by atoms with E-state index >= 15 is 0 Å². The lowest BCUT2D eigenvalue weighted by Gasteiger charge is -2.22. The Labute approximate surface area is 117 Å². The fourth-order valence-electron chi connectivity index (χ4n) is 1.69. The van der Waals surface area contributed by atoms with Crippen molar-refractivity contribution >= 4 is 21.6 Å². The Morgan fingerprint density at radius 2 is 2.00 bits per heavy atom. The third-order valence-electron chi connectivity index (χ3n) is 2.47. The number of halogens is 1. The van der Waals surface area contributed by atoms with Gasteiger partial charge in [0.25, 0.3) is 0 Å². The van der Waals surface area contributed by atoms with E-state index in [4.69, 9.17) is 11.5 Å². The Hall–Kier alpha value is -1.67.